The fourth-order valence-electron chi connectivity index (χ4n) is 2.31. The van der Waals surface area contributed by atoms with Crippen molar-refractivity contribution < 1.29 is 19.1 Å². The number of amides is 2. The maximum absolute atomic E-state index is 12.7. The lowest BCUT2D eigenvalue weighted by Gasteiger charge is -2.15. The quantitative estimate of drug-likeness (QED) is 0.289. The molecule has 0 saturated carbocycles. The zero-order valence-corrected chi connectivity index (χ0v) is 22.1. The predicted molar refractivity (Wildman–Crippen MR) is 135 cm³/mol. The summed E-state index contributed by atoms with van der Waals surface area (Å²) in [4.78, 5) is 24.6. The summed E-state index contributed by atoms with van der Waals surface area (Å²) >= 11 is 17.6. The van der Waals surface area contributed by atoms with Gasteiger partial charge in [0.1, 0.15) is 11.5 Å². The van der Waals surface area contributed by atoms with Gasteiger partial charge in [-0.25, -0.2) is 0 Å². The number of benzene rings is 2. The van der Waals surface area contributed by atoms with Crippen LogP contribution < -0.4 is 25.6 Å². The van der Waals surface area contributed by atoms with Gasteiger partial charge in [-0.3, -0.25) is 25.8 Å². The Hall–Kier alpha value is -1.88. The number of hydrogen-bond acceptors (Lipinski definition) is 5. The monoisotopic (exact) mass is 605 g/mol. The van der Waals surface area contributed by atoms with Crippen molar-refractivity contribution in [1.29, 1.82) is 0 Å². The van der Waals surface area contributed by atoms with E-state index in [0.29, 0.717) is 39.1 Å². The van der Waals surface area contributed by atoms with E-state index in [1.807, 2.05) is 0 Å². The Morgan fingerprint density at radius 3 is 2.47 bits per heavy atom. The van der Waals surface area contributed by atoms with Crippen LogP contribution in [0.25, 0.3) is 0 Å². The second kappa shape index (κ2) is 13.0. The first-order valence-corrected chi connectivity index (χ1v) is 11.9. The van der Waals surface area contributed by atoms with E-state index < -0.39 is 11.8 Å². The summed E-state index contributed by atoms with van der Waals surface area (Å²) < 4.78 is 12.5. The van der Waals surface area contributed by atoms with Crippen molar-refractivity contribution in [1.82, 2.24) is 16.2 Å². The van der Waals surface area contributed by atoms with Crippen molar-refractivity contribution in [3.05, 3.63) is 55.9 Å². The molecule has 3 N–H and O–H groups in total. The van der Waals surface area contributed by atoms with Crippen LogP contribution in [0.3, 0.4) is 0 Å². The average Bonchev–Trinajstić information content (AvgIpc) is 2.72. The first kappa shape index (κ1) is 26.4. The van der Waals surface area contributed by atoms with E-state index in [9.17, 15) is 9.59 Å². The zero-order chi connectivity index (χ0) is 23.7. The number of ether oxygens (including phenoxy) is 2. The van der Waals surface area contributed by atoms with E-state index in [0.717, 1.165) is 10.9 Å². The van der Waals surface area contributed by atoms with Crippen molar-refractivity contribution in [3.63, 3.8) is 0 Å². The maximum atomic E-state index is 12.7. The van der Waals surface area contributed by atoms with Gasteiger partial charge in [-0.2, -0.15) is 0 Å². The molecule has 0 aliphatic heterocycles. The molecular formula is C21H22Br2ClN3O4S. The van der Waals surface area contributed by atoms with E-state index in [4.69, 9.17) is 33.3 Å². The lowest BCUT2D eigenvalue weighted by molar-refractivity contribution is -0.123. The van der Waals surface area contributed by atoms with E-state index in [2.05, 4.69) is 61.9 Å². The van der Waals surface area contributed by atoms with Crippen LogP contribution in [0.15, 0.2) is 45.3 Å². The minimum Gasteiger partial charge on any atom is -0.493 e. The van der Waals surface area contributed by atoms with Gasteiger partial charge >= 0.3 is 0 Å². The Morgan fingerprint density at radius 2 is 1.78 bits per heavy atom. The largest absolute Gasteiger partial charge is 0.493 e. The minimum absolute atomic E-state index is 0.0795. The second-order valence-corrected chi connectivity index (χ2v) is 9.61. The van der Waals surface area contributed by atoms with Crippen molar-refractivity contribution in [2.24, 2.45) is 5.92 Å². The molecule has 0 heterocycles. The molecule has 0 bridgehead atoms. The second-order valence-electron chi connectivity index (χ2n) is 6.99. The molecule has 0 saturated heterocycles. The molecule has 0 radical (unpaired) electrons. The summed E-state index contributed by atoms with van der Waals surface area (Å²) in [6, 6.07) is 10.1. The molecule has 0 atom stereocenters. The SMILES string of the molecule is CC(C)CCOc1ccc(Br)cc1C(=O)NC(=S)NNC(=O)COc1ccc(Cl)cc1Br. The van der Waals surface area contributed by atoms with Gasteiger partial charge in [0.05, 0.1) is 16.6 Å². The number of rotatable bonds is 8. The Bertz CT molecular complexity index is 992. The van der Waals surface area contributed by atoms with Crippen LogP contribution in [0.1, 0.15) is 30.6 Å². The van der Waals surface area contributed by atoms with Gasteiger partial charge in [-0.1, -0.05) is 41.4 Å². The fraction of sp³-hybridized carbons (Fsp3) is 0.286. The van der Waals surface area contributed by atoms with Gasteiger partial charge < -0.3 is 9.47 Å². The Kier molecular flexibility index (Phi) is 10.7. The van der Waals surface area contributed by atoms with Crippen molar-refractivity contribution in [3.8, 4) is 11.5 Å². The van der Waals surface area contributed by atoms with Gasteiger partial charge in [0.2, 0.25) is 0 Å². The number of hydrogen-bond donors (Lipinski definition) is 3. The van der Waals surface area contributed by atoms with Crippen LogP contribution in [0.5, 0.6) is 11.5 Å². The normalized spacial score (nSPS) is 10.4. The summed E-state index contributed by atoms with van der Waals surface area (Å²) in [7, 11) is 0. The summed E-state index contributed by atoms with van der Waals surface area (Å²) in [5.74, 6) is 0.413. The summed E-state index contributed by atoms with van der Waals surface area (Å²) in [5.41, 5.74) is 5.15. The molecule has 32 heavy (non-hydrogen) atoms. The van der Waals surface area contributed by atoms with E-state index >= 15 is 0 Å². The van der Waals surface area contributed by atoms with Gasteiger partial charge in [0.15, 0.2) is 11.7 Å². The molecule has 11 heteroatoms. The third kappa shape index (κ3) is 8.93. The fourth-order valence-corrected chi connectivity index (χ4v) is 3.61. The predicted octanol–water partition coefficient (Wildman–Crippen LogP) is 5.00. The third-order valence-electron chi connectivity index (χ3n) is 3.93. The summed E-state index contributed by atoms with van der Waals surface area (Å²) in [5, 5.41) is 2.97. The molecular weight excluding hydrogens is 586 g/mol. The van der Waals surface area contributed by atoms with Crippen LogP contribution in [-0.2, 0) is 4.79 Å². The first-order chi connectivity index (χ1) is 15.2. The van der Waals surface area contributed by atoms with Crippen molar-refractivity contribution in [2.45, 2.75) is 20.3 Å². The Balaban J connectivity index is 1.85. The molecule has 2 rings (SSSR count). The molecule has 2 amide bonds. The number of nitrogens with one attached hydrogen (secondary N) is 3. The van der Waals surface area contributed by atoms with Gasteiger partial charge in [-0.05, 0) is 76.9 Å². The molecule has 0 aliphatic carbocycles. The van der Waals surface area contributed by atoms with Crippen LogP contribution >= 0.6 is 55.7 Å². The maximum Gasteiger partial charge on any atom is 0.276 e. The highest BCUT2D eigenvalue weighted by Crippen LogP contribution is 2.28. The van der Waals surface area contributed by atoms with Gasteiger partial charge in [0, 0.05) is 9.50 Å². The van der Waals surface area contributed by atoms with E-state index in [1.54, 1.807) is 36.4 Å². The van der Waals surface area contributed by atoms with Gasteiger partial charge in [-0.15, -0.1) is 0 Å². The highest BCUT2D eigenvalue weighted by atomic mass is 79.9. The number of carbonyl (C=O) groups excluding carboxylic acids is 2. The van der Waals surface area contributed by atoms with Gasteiger partial charge in [0.25, 0.3) is 11.8 Å². The molecule has 172 valence electrons. The van der Waals surface area contributed by atoms with Crippen LogP contribution in [0.4, 0.5) is 0 Å². The molecule has 2 aromatic rings. The molecule has 0 aliphatic rings. The zero-order valence-electron chi connectivity index (χ0n) is 17.3. The Labute approximate surface area is 213 Å². The average molecular weight is 608 g/mol. The van der Waals surface area contributed by atoms with Crippen molar-refractivity contribution in [2.75, 3.05) is 13.2 Å². The smallest absolute Gasteiger partial charge is 0.276 e. The Morgan fingerprint density at radius 1 is 1.06 bits per heavy atom. The number of hydrazine groups is 1. The van der Waals surface area contributed by atoms with Crippen LogP contribution in [0, 0.1) is 5.92 Å². The molecule has 7 nitrogen and oxygen atoms in total. The lowest BCUT2D eigenvalue weighted by atomic mass is 10.1. The summed E-state index contributed by atoms with van der Waals surface area (Å²) in [6.07, 6.45) is 0.859. The van der Waals surface area contributed by atoms with Crippen molar-refractivity contribution >= 4 is 72.6 Å². The van der Waals surface area contributed by atoms with Crippen LogP contribution in [0.2, 0.25) is 5.02 Å². The number of carbonyl (C=O) groups is 2. The molecule has 0 spiro atoms. The molecule has 0 fully saturated rings. The molecule has 0 unspecified atom stereocenters. The standard InChI is InChI=1S/C21H22Br2ClN3O4S/c1-12(2)7-8-30-17-5-3-13(22)9-15(17)20(29)25-21(32)27-26-19(28)11-31-18-6-4-14(24)10-16(18)23/h3-6,9-10,12H,7-8,11H2,1-2H3,(H,26,28)(H2,25,27,29,32). The van der Waals surface area contributed by atoms with Crippen LogP contribution in [-0.4, -0.2) is 30.1 Å². The highest BCUT2D eigenvalue weighted by Gasteiger charge is 2.15. The summed E-state index contributed by atoms with van der Waals surface area (Å²) in [6.45, 7) is 4.40. The van der Waals surface area contributed by atoms with E-state index in [-0.39, 0.29) is 11.7 Å². The number of halogens is 3. The minimum atomic E-state index is -0.497. The third-order valence-corrected chi connectivity index (χ3v) is 5.49. The highest BCUT2D eigenvalue weighted by molar-refractivity contribution is 9.10. The molecule has 2 aromatic carbocycles. The molecule has 0 aromatic heterocycles. The lowest BCUT2D eigenvalue weighted by Crippen LogP contribution is -2.49. The number of thiocarbonyl (C=S) groups is 1. The first-order valence-electron chi connectivity index (χ1n) is 9.56. The van der Waals surface area contributed by atoms with E-state index in [1.165, 1.54) is 0 Å². The topological polar surface area (TPSA) is 88.7 Å².